The molecule has 0 saturated heterocycles. The van der Waals surface area contributed by atoms with E-state index in [0.29, 0.717) is 6.54 Å². The first-order valence-corrected chi connectivity index (χ1v) is 4.95. The third-order valence-electron chi connectivity index (χ3n) is 1.91. The van der Waals surface area contributed by atoms with Gasteiger partial charge in [0, 0.05) is 12.1 Å². The van der Waals surface area contributed by atoms with Gasteiger partial charge in [0.15, 0.2) is 5.78 Å². The Hall–Kier alpha value is -1.15. The molecule has 0 aliphatic rings. The molecule has 0 fully saturated rings. The lowest BCUT2D eigenvalue weighted by atomic mass is 10.0. The summed E-state index contributed by atoms with van der Waals surface area (Å²) in [6.45, 7) is 8.03. The van der Waals surface area contributed by atoms with E-state index in [0.717, 1.165) is 16.7 Å². The minimum absolute atomic E-state index is 0.107. The van der Waals surface area contributed by atoms with E-state index in [-0.39, 0.29) is 5.78 Å². The Kier molecular flexibility index (Phi) is 5.81. The maximum atomic E-state index is 11.0. The molecule has 14 heavy (non-hydrogen) atoms. The third-order valence-corrected chi connectivity index (χ3v) is 1.91. The molecule has 0 unspecified atom stereocenters. The average molecular weight is 193 g/mol. The second-order valence-electron chi connectivity index (χ2n) is 2.91. The van der Waals surface area contributed by atoms with E-state index in [9.17, 15) is 4.79 Å². The van der Waals surface area contributed by atoms with E-state index in [4.69, 9.17) is 5.73 Å². The molecule has 2 nitrogen and oxygen atoms in total. The van der Waals surface area contributed by atoms with Gasteiger partial charge < -0.3 is 5.73 Å². The van der Waals surface area contributed by atoms with Gasteiger partial charge in [-0.05, 0) is 25.0 Å². The van der Waals surface area contributed by atoms with Gasteiger partial charge in [0.25, 0.3) is 0 Å². The molecule has 0 aromatic heterocycles. The molecule has 0 bridgehead atoms. The first-order valence-electron chi connectivity index (χ1n) is 4.95. The molecule has 1 aromatic carbocycles. The van der Waals surface area contributed by atoms with Crippen LogP contribution in [0.5, 0.6) is 0 Å². The minimum Gasteiger partial charge on any atom is -0.326 e. The number of carbonyl (C=O) groups excluding carboxylic acids is 1. The van der Waals surface area contributed by atoms with Gasteiger partial charge in [-0.1, -0.05) is 32.0 Å². The molecule has 0 spiro atoms. The molecule has 78 valence electrons. The zero-order chi connectivity index (χ0) is 11.1. The van der Waals surface area contributed by atoms with Crippen LogP contribution < -0.4 is 5.73 Å². The predicted octanol–water partition coefficient (Wildman–Crippen LogP) is 2.68. The van der Waals surface area contributed by atoms with Crippen molar-refractivity contribution in [2.75, 3.05) is 0 Å². The number of aryl methyl sites for hydroxylation is 1. The zero-order valence-corrected chi connectivity index (χ0v) is 9.42. The number of nitrogens with two attached hydrogens (primary N) is 1. The van der Waals surface area contributed by atoms with Crippen molar-refractivity contribution in [2.45, 2.75) is 34.2 Å². The van der Waals surface area contributed by atoms with E-state index in [2.05, 4.69) is 0 Å². The molecule has 0 aliphatic carbocycles. The highest BCUT2D eigenvalue weighted by molar-refractivity contribution is 5.95. The molecule has 1 aromatic rings. The van der Waals surface area contributed by atoms with Crippen molar-refractivity contribution in [3.8, 4) is 0 Å². The van der Waals surface area contributed by atoms with Gasteiger partial charge >= 0.3 is 0 Å². The van der Waals surface area contributed by atoms with Gasteiger partial charge in [-0.25, -0.2) is 0 Å². The van der Waals surface area contributed by atoms with E-state index in [1.165, 1.54) is 0 Å². The van der Waals surface area contributed by atoms with Gasteiger partial charge in [-0.15, -0.1) is 0 Å². The molecule has 0 radical (unpaired) electrons. The predicted molar refractivity (Wildman–Crippen MR) is 60.4 cm³/mol. The smallest absolute Gasteiger partial charge is 0.160 e. The fraction of sp³-hybridized carbons (Fsp3) is 0.417. The zero-order valence-electron chi connectivity index (χ0n) is 9.42. The van der Waals surface area contributed by atoms with Crippen LogP contribution in [0.25, 0.3) is 0 Å². The molecular weight excluding hydrogens is 174 g/mol. The van der Waals surface area contributed by atoms with Gasteiger partial charge in [0.2, 0.25) is 0 Å². The molecule has 0 aliphatic heterocycles. The Morgan fingerprint density at radius 3 is 2.29 bits per heavy atom. The lowest BCUT2D eigenvalue weighted by molar-refractivity contribution is 0.101. The van der Waals surface area contributed by atoms with Crippen LogP contribution in [0.15, 0.2) is 18.2 Å². The highest BCUT2D eigenvalue weighted by Crippen LogP contribution is 2.10. The summed E-state index contributed by atoms with van der Waals surface area (Å²) in [6.07, 6.45) is 0. The van der Waals surface area contributed by atoms with E-state index < -0.39 is 0 Å². The molecule has 0 amide bonds. The van der Waals surface area contributed by atoms with E-state index in [1.54, 1.807) is 6.92 Å². The molecule has 0 saturated carbocycles. The Morgan fingerprint density at radius 2 is 1.93 bits per heavy atom. The van der Waals surface area contributed by atoms with Gasteiger partial charge in [-0.2, -0.15) is 0 Å². The Balaban J connectivity index is 0.000000791. The largest absolute Gasteiger partial charge is 0.326 e. The summed E-state index contributed by atoms with van der Waals surface area (Å²) in [4.78, 5) is 11.0. The van der Waals surface area contributed by atoms with Gasteiger partial charge in [0.05, 0.1) is 0 Å². The summed E-state index contributed by atoms with van der Waals surface area (Å²) in [5, 5.41) is 0. The molecular formula is C12H19NO. The highest BCUT2D eigenvalue weighted by Gasteiger charge is 2.02. The Labute approximate surface area is 86.1 Å². The van der Waals surface area contributed by atoms with Gasteiger partial charge in [0.1, 0.15) is 0 Å². The maximum Gasteiger partial charge on any atom is 0.160 e. The molecule has 2 N–H and O–H groups in total. The summed E-state index contributed by atoms with van der Waals surface area (Å²) in [6, 6.07) is 5.68. The minimum atomic E-state index is 0.107. The number of rotatable bonds is 2. The Morgan fingerprint density at radius 1 is 1.36 bits per heavy atom. The fourth-order valence-corrected chi connectivity index (χ4v) is 1.25. The van der Waals surface area contributed by atoms with Crippen molar-refractivity contribution in [1.82, 2.24) is 0 Å². The summed E-state index contributed by atoms with van der Waals surface area (Å²) in [5.41, 5.74) is 8.32. The third kappa shape index (κ3) is 3.30. The van der Waals surface area contributed by atoms with Crippen molar-refractivity contribution in [3.63, 3.8) is 0 Å². The normalized spacial score (nSPS) is 8.93. The summed E-state index contributed by atoms with van der Waals surface area (Å²) in [7, 11) is 0. The van der Waals surface area contributed by atoms with Crippen LogP contribution in [-0.2, 0) is 6.54 Å². The molecule has 0 heterocycles. The van der Waals surface area contributed by atoms with Crippen molar-refractivity contribution in [2.24, 2.45) is 5.73 Å². The number of Topliss-reactive ketones (excluding diaryl/α,β-unsaturated/α-hetero) is 1. The Bertz CT molecular complexity index is 305. The van der Waals surface area contributed by atoms with E-state index >= 15 is 0 Å². The lowest BCUT2D eigenvalue weighted by Gasteiger charge is -2.03. The van der Waals surface area contributed by atoms with Crippen LogP contribution in [0.2, 0.25) is 0 Å². The first kappa shape index (κ1) is 12.8. The second-order valence-corrected chi connectivity index (χ2v) is 2.91. The SMILES string of the molecule is CC.CC(=O)c1ccc(CN)cc1C. The summed E-state index contributed by atoms with van der Waals surface area (Å²) >= 11 is 0. The standard InChI is InChI=1S/C10H13NO.C2H6/c1-7-5-9(6-11)3-4-10(7)8(2)12;1-2/h3-5H,6,11H2,1-2H3;1-2H3. The quantitative estimate of drug-likeness (QED) is 0.734. The van der Waals surface area contributed by atoms with Crippen molar-refractivity contribution < 1.29 is 4.79 Å². The lowest BCUT2D eigenvalue weighted by Crippen LogP contribution is -2.00. The monoisotopic (exact) mass is 193 g/mol. The molecule has 0 atom stereocenters. The van der Waals surface area contributed by atoms with Crippen LogP contribution in [0.4, 0.5) is 0 Å². The van der Waals surface area contributed by atoms with E-state index in [1.807, 2.05) is 39.0 Å². The number of hydrogen-bond donors (Lipinski definition) is 1. The van der Waals surface area contributed by atoms with Crippen molar-refractivity contribution in [1.29, 1.82) is 0 Å². The second kappa shape index (κ2) is 6.33. The molecule has 1 rings (SSSR count). The number of hydrogen-bond acceptors (Lipinski definition) is 2. The topological polar surface area (TPSA) is 43.1 Å². The number of benzene rings is 1. The van der Waals surface area contributed by atoms with Crippen molar-refractivity contribution in [3.05, 3.63) is 34.9 Å². The van der Waals surface area contributed by atoms with Crippen LogP contribution >= 0.6 is 0 Å². The van der Waals surface area contributed by atoms with Crippen LogP contribution in [0.3, 0.4) is 0 Å². The van der Waals surface area contributed by atoms with Crippen LogP contribution in [0.1, 0.15) is 42.3 Å². The summed E-state index contributed by atoms with van der Waals surface area (Å²) < 4.78 is 0. The van der Waals surface area contributed by atoms with Crippen LogP contribution in [-0.4, -0.2) is 5.78 Å². The highest BCUT2D eigenvalue weighted by atomic mass is 16.1. The number of carbonyl (C=O) groups is 1. The summed E-state index contributed by atoms with van der Waals surface area (Å²) in [5.74, 6) is 0.107. The molecule has 2 heteroatoms. The van der Waals surface area contributed by atoms with Crippen molar-refractivity contribution >= 4 is 5.78 Å². The maximum absolute atomic E-state index is 11.0. The first-order chi connectivity index (χ1) is 6.65. The number of ketones is 1. The van der Waals surface area contributed by atoms with Gasteiger partial charge in [-0.3, -0.25) is 4.79 Å². The van der Waals surface area contributed by atoms with Crippen LogP contribution in [0, 0.1) is 6.92 Å². The fourth-order valence-electron chi connectivity index (χ4n) is 1.25. The average Bonchev–Trinajstić information content (AvgIpc) is 2.20.